The van der Waals surface area contributed by atoms with E-state index in [9.17, 15) is 4.79 Å². The number of benzene rings is 1. The van der Waals surface area contributed by atoms with Crippen LogP contribution >= 0.6 is 0 Å². The third-order valence-electron chi connectivity index (χ3n) is 2.05. The normalized spacial score (nSPS) is 10.0. The summed E-state index contributed by atoms with van der Waals surface area (Å²) >= 11 is 0. The lowest BCUT2D eigenvalue weighted by Crippen LogP contribution is -2.17. The van der Waals surface area contributed by atoms with Gasteiger partial charge in [-0.25, -0.2) is 4.79 Å². The van der Waals surface area contributed by atoms with Crippen molar-refractivity contribution in [3.05, 3.63) is 48.2 Å². The molecule has 0 aliphatic heterocycles. The molecule has 1 aromatic heterocycles. The zero-order valence-corrected chi connectivity index (χ0v) is 8.54. The number of hydrogen-bond donors (Lipinski definition) is 1. The molecule has 0 spiro atoms. The van der Waals surface area contributed by atoms with E-state index in [2.05, 4.69) is 5.10 Å². The second-order valence-corrected chi connectivity index (χ2v) is 3.21. The maximum Gasteiger partial charge on any atom is 0.436 e. The number of carbonyl (C=O) groups is 1. The largest absolute Gasteiger partial charge is 0.443 e. The molecule has 16 heavy (non-hydrogen) atoms. The zero-order chi connectivity index (χ0) is 11.4. The Morgan fingerprint density at radius 1 is 1.31 bits per heavy atom. The predicted molar refractivity (Wildman–Crippen MR) is 58.7 cm³/mol. The molecule has 0 saturated heterocycles. The first-order valence-corrected chi connectivity index (χ1v) is 4.78. The number of nitrogens with two attached hydrogens (primary N) is 1. The fraction of sp³-hybridized carbons (Fsp3) is 0.0909. The summed E-state index contributed by atoms with van der Waals surface area (Å²) in [5, 5.41) is 3.75. The molecule has 5 heteroatoms. The van der Waals surface area contributed by atoms with Gasteiger partial charge in [-0.2, -0.15) is 5.10 Å². The number of hydrogen-bond acceptors (Lipinski definition) is 4. The first-order chi connectivity index (χ1) is 7.77. The smallest absolute Gasteiger partial charge is 0.436 e. The SMILES string of the molecule is Nc1ccnn1C(=O)OCc1ccccc1. The first kappa shape index (κ1) is 10.2. The highest BCUT2D eigenvalue weighted by Gasteiger charge is 2.09. The molecule has 0 radical (unpaired) electrons. The highest BCUT2D eigenvalue weighted by Crippen LogP contribution is 2.04. The van der Waals surface area contributed by atoms with E-state index in [1.165, 1.54) is 12.3 Å². The van der Waals surface area contributed by atoms with Crippen LogP contribution in [0.15, 0.2) is 42.6 Å². The summed E-state index contributed by atoms with van der Waals surface area (Å²) < 4.78 is 6.05. The van der Waals surface area contributed by atoms with Crippen LogP contribution in [0.5, 0.6) is 0 Å². The average molecular weight is 217 g/mol. The summed E-state index contributed by atoms with van der Waals surface area (Å²) in [5.41, 5.74) is 6.43. The highest BCUT2D eigenvalue weighted by molar-refractivity contribution is 5.73. The Hall–Kier alpha value is -2.30. The number of nitrogen functional groups attached to an aromatic ring is 1. The Morgan fingerprint density at radius 2 is 2.06 bits per heavy atom. The van der Waals surface area contributed by atoms with Gasteiger partial charge < -0.3 is 10.5 Å². The molecule has 0 unspecified atom stereocenters. The van der Waals surface area contributed by atoms with E-state index in [4.69, 9.17) is 10.5 Å². The van der Waals surface area contributed by atoms with Gasteiger partial charge in [0.25, 0.3) is 0 Å². The molecule has 2 rings (SSSR count). The van der Waals surface area contributed by atoms with Crippen molar-refractivity contribution in [1.29, 1.82) is 0 Å². The van der Waals surface area contributed by atoms with Crippen molar-refractivity contribution in [1.82, 2.24) is 9.78 Å². The summed E-state index contributed by atoms with van der Waals surface area (Å²) in [5.74, 6) is 0.262. The van der Waals surface area contributed by atoms with E-state index < -0.39 is 6.09 Å². The van der Waals surface area contributed by atoms with Gasteiger partial charge in [-0.3, -0.25) is 0 Å². The second-order valence-electron chi connectivity index (χ2n) is 3.21. The lowest BCUT2D eigenvalue weighted by atomic mass is 10.2. The summed E-state index contributed by atoms with van der Waals surface area (Å²) in [6.07, 6.45) is 0.866. The Morgan fingerprint density at radius 3 is 2.69 bits per heavy atom. The minimum absolute atomic E-state index is 0.207. The highest BCUT2D eigenvalue weighted by atomic mass is 16.6. The van der Waals surface area contributed by atoms with Crippen LogP contribution in [-0.2, 0) is 11.3 Å². The van der Waals surface area contributed by atoms with Crippen molar-refractivity contribution in [2.45, 2.75) is 6.61 Å². The van der Waals surface area contributed by atoms with Crippen molar-refractivity contribution in [3.63, 3.8) is 0 Å². The third-order valence-corrected chi connectivity index (χ3v) is 2.05. The molecule has 0 amide bonds. The van der Waals surface area contributed by atoms with E-state index in [0.717, 1.165) is 10.2 Å². The summed E-state index contributed by atoms with van der Waals surface area (Å²) in [7, 11) is 0. The third kappa shape index (κ3) is 2.20. The van der Waals surface area contributed by atoms with Gasteiger partial charge in [0, 0.05) is 6.07 Å². The molecule has 0 aliphatic rings. The Labute approximate surface area is 92.4 Å². The molecule has 1 heterocycles. The van der Waals surface area contributed by atoms with Crippen molar-refractivity contribution in [3.8, 4) is 0 Å². The van der Waals surface area contributed by atoms with E-state index >= 15 is 0 Å². The molecule has 5 nitrogen and oxygen atoms in total. The number of ether oxygens (including phenoxy) is 1. The van der Waals surface area contributed by atoms with E-state index in [1.54, 1.807) is 0 Å². The minimum Gasteiger partial charge on any atom is -0.443 e. The molecule has 1 aromatic carbocycles. The second kappa shape index (κ2) is 4.48. The van der Waals surface area contributed by atoms with Crippen LogP contribution in [0.1, 0.15) is 5.56 Å². The van der Waals surface area contributed by atoms with Crippen LogP contribution in [0.3, 0.4) is 0 Å². The number of nitrogens with zero attached hydrogens (tertiary/aromatic N) is 2. The van der Waals surface area contributed by atoms with Crippen LogP contribution in [0, 0.1) is 0 Å². The molecular formula is C11H11N3O2. The molecule has 2 N–H and O–H groups in total. The quantitative estimate of drug-likeness (QED) is 0.830. The summed E-state index contributed by atoms with van der Waals surface area (Å²) in [6.45, 7) is 0.207. The zero-order valence-electron chi connectivity index (χ0n) is 8.54. The lowest BCUT2D eigenvalue weighted by molar-refractivity contribution is 0.138. The van der Waals surface area contributed by atoms with E-state index in [0.29, 0.717) is 0 Å². The van der Waals surface area contributed by atoms with Crippen molar-refractivity contribution < 1.29 is 9.53 Å². The van der Waals surface area contributed by atoms with Crippen LogP contribution in [0.4, 0.5) is 10.6 Å². The van der Waals surface area contributed by atoms with Crippen molar-refractivity contribution in [2.24, 2.45) is 0 Å². The monoisotopic (exact) mass is 217 g/mol. The molecule has 0 fully saturated rings. The van der Waals surface area contributed by atoms with Crippen LogP contribution in [-0.4, -0.2) is 15.9 Å². The Balaban J connectivity index is 1.97. The number of anilines is 1. The maximum absolute atomic E-state index is 11.5. The van der Waals surface area contributed by atoms with Crippen molar-refractivity contribution in [2.75, 3.05) is 5.73 Å². The fourth-order valence-corrected chi connectivity index (χ4v) is 1.25. The van der Waals surface area contributed by atoms with E-state index in [-0.39, 0.29) is 12.4 Å². The number of aromatic nitrogens is 2. The molecular weight excluding hydrogens is 206 g/mol. The van der Waals surface area contributed by atoms with Gasteiger partial charge in [-0.15, -0.1) is 4.68 Å². The summed E-state index contributed by atoms with van der Waals surface area (Å²) in [6, 6.07) is 10.9. The fourth-order valence-electron chi connectivity index (χ4n) is 1.25. The van der Waals surface area contributed by atoms with Gasteiger partial charge >= 0.3 is 6.09 Å². The molecule has 0 bridgehead atoms. The van der Waals surface area contributed by atoms with Crippen LogP contribution in [0.25, 0.3) is 0 Å². The molecule has 0 saturated carbocycles. The van der Waals surface area contributed by atoms with Gasteiger partial charge in [0.2, 0.25) is 0 Å². The van der Waals surface area contributed by atoms with Gasteiger partial charge in [0.1, 0.15) is 12.4 Å². The predicted octanol–water partition coefficient (Wildman–Crippen LogP) is 1.65. The molecule has 0 aliphatic carbocycles. The van der Waals surface area contributed by atoms with Crippen LogP contribution < -0.4 is 5.73 Å². The van der Waals surface area contributed by atoms with E-state index in [1.807, 2.05) is 30.3 Å². The topological polar surface area (TPSA) is 70.1 Å². The van der Waals surface area contributed by atoms with Crippen LogP contribution in [0.2, 0.25) is 0 Å². The molecule has 2 aromatic rings. The standard InChI is InChI=1S/C11H11N3O2/c12-10-6-7-13-14(10)11(15)16-8-9-4-2-1-3-5-9/h1-7H,8,12H2. The average Bonchev–Trinajstić information content (AvgIpc) is 2.74. The van der Waals surface area contributed by atoms with Gasteiger partial charge in [-0.05, 0) is 5.56 Å². The van der Waals surface area contributed by atoms with Crippen molar-refractivity contribution >= 4 is 11.9 Å². The molecule has 0 atom stereocenters. The first-order valence-electron chi connectivity index (χ1n) is 4.78. The Kier molecular flexibility index (Phi) is 2.86. The Bertz CT molecular complexity index is 479. The van der Waals surface area contributed by atoms with Gasteiger partial charge in [0.05, 0.1) is 6.20 Å². The number of carbonyl (C=O) groups excluding carboxylic acids is 1. The molecule has 82 valence electrons. The minimum atomic E-state index is -0.577. The summed E-state index contributed by atoms with van der Waals surface area (Å²) in [4.78, 5) is 11.5. The lowest BCUT2D eigenvalue weighted by Gasteiger charge is -2.05. The maximum atomic E-state index is 11.5. The van der Waals surface area contributed by atoms with Gasteiger partial charge in [-0.1, -0.05) is 30.3 Å². The number of rotatable bonds is 2. The van der Waals surface area contributed by atoms with Gasteiger partial charge in [0.15, 0.2) is 0 Å².